The highest BCUT2D eigenvalue weighted by Gasteiger charge is 2.25. The molecule has 2 amide bonds. The standard InChI is InChI=1S/C38H42Cl2N6O4/c1-45(19-23-14-33(47)42-17-23)21-26-9-8-25(16-32(26)49-3)37-36(40)29(12-13-41-37)28-6-5-7-30(35(28)39)31-11-10-27(38(44-31)50-4)22-46(2)20-24-15-34(48)43-18-24/h5-13,16,23-24H,14-15,17-22H2,1-4H3,(H,42,47)(H,43,48). The van der Waals surface area contributed by atoms with E-state index in [-0.39, 0.29) is 11.8 Å². The predicted octanol–water partition coefficient (Wildman–Crippen LogP) is 5.94. The molecule has 2 aliphatic rings. The zero-order valence-corrected chi connectivity index (χ0v) is 30.3. The lowest BCUT2D eigenvalue weighted by Crippen LogP contribution is -2.27. The fraction of sp³-hybridized carbons (Fsp3) is 0.368. The number of hydrogen-bond acceptors (Lipinski definition) is 8. The fourth-order valence-electron chi connectivity index (χ4n) is 6.91. The van der Waals surface area contributed by atoms with Gasteiger partial charge in [-0.1, -0.05) is 59.6 Å². The van der Waals surface area contributed by atoms with Gasteiger partial charge in [-0.2, -0.15) is 0 Å². The average Bonchev–Trinajstić information content (AvgIpc) is 3.71. The maximum absolute atomic E-state index is 11.6. The van der Waals surface area contributed by atoms with Gasteiger partial charge in [-0.3, -0.25) is 14.6 Å². The van der Waals surface area contributed by atoms with Crippen LogP contribution in [0.1, 0.15) is 24.0 Å². The molecular formula is C38H42Cl2N6O4. The molecule has 2 N–H and O–H groups in total. The number of aromatic nitrogens is 2. The van der Waals surface area contributed by atoms with Gasteiger partial charge >= 0.3 is 0 Å². The molecule has 2 atom stereocenters. The number of amides is 2. The van der Waals surface area contributed by atoms with E-state index in [1.807, 2.05) is 61.6 Å². The van der Waals surface area contributed by atoms with Crippen LogP contribution >= 0.6 is 23.2 Å². The summed E-state index contributed by atoms with van der Waals surface area (Å²) in [4.78, 5) is 37.1. The molecule has 2 aromatic carbocycles. The highest BCUT2D eigenvalue weighted by Crippen LogP contribution is 2.42. The van der Waals surface area contributed by atoms with Gasteiger partial charge in [0.15, 0.2) is 0 Å². The predicted molar refractivity (Wildman–Crippen MR) is 196 cm³/mol. The summed E-state index contributed by atoms with van der Waals surface area (Å²) in [6.07, 6.45) is 2.85. The third-order valence-corrected chi connectivity index (χ3v) is 10.1. The maximum atomic E-state index is 11.6. The molecule has 0 spiro atoms. The number of ether oxygens (including phenoxy) is 2. The van der Waals surface area contributed by atoms with Gasteiger partial charge in [-0.15, -0.1) is 0 Å². The van der Waals surface area contributed by atoms with Gasteiger partial charge in [0.25, 0.3) is 0 Å². The van der Waals surface area contributed by atoms with Crippen molar-refractivity contribution in [2.45, 2.75) is 25.9 Å². The van der Waals surface area contributed by atoms with Crippen LogP contribution in [0.5, 0.6) is 11.6 Å². The second kappa shape index (κ2) is 15.8. The van der Waals surface area contributed by atoms with Gasteiger partial charge in [-0.05, 0) is 44.1 Å². The molecule has 0 saturated carbocycles. The summed E-state index contributed by atoms with van der Waals surface area (Å²) in [6.45, 7) is 4.33. The van der Waals surface area contributed by atoms with E-state index in [1.165, 1.54) is 0 Å². The average molecular weight is 718 g/mol. The monoisotopic (exact) mass is 716 g/mol. The number of carbonyl (C=O) groups excluding carboxylic acids is 2. The number of carbonyl (C=O) groups is 2. The third-order valence-electron chi connectivity index (χ3n) is 9.29. The number of halogens is 2. The molecule has 2 saturated heterocycles. The Morgan fingerprint density at radius 3 is 2.02 bits per heavy atom. The first kappa shape index (κ1) is 35.6. The van der Waals surface area contributed by atoms with E-state index >= 15 is 0 Å². The Bertz CT molecular complexity index is 1750. The number of benzene rings is 2. The van der Waals surface area contributed by atoms with Gasteiger partial charge in [0.2, 0.25) is 17.7 Å². The summed E-state index contributed by atoms with van der Waals surface area (Å²) in [5.41, 5.74) is 6.34. The maximum Gasteiger partial charge on any atom is 0.220 e. The quantitative estimate of drug-likeness (QED) is 0.175. The fourth-order valence-corrected chi connectivity index (χ4v) is 7.56. The van der Waals surface area contributed by atoms with E-state index in [4.69, 9.17) is 37.7 Å². The van der Waals surface area contributed by atoms with Gasteiger partial charge < -0.3 is 29.9 Å². The lowest BCUT2D eigenvalue weighted by atomic mass is 9.99. The van der Waals surface area contributed by atoms with Crippen LogP contribution in [0, 0.1) is 11.8 Å². The first-order valence-electron chi connectivity index (χ1n) is 16.7. The van der Waals surface area contributed by atoms with Crippen molar-refractivity contribution < 1.29 is 19.1 Å². The lowest BCUT2D eigenvalue weighted by molar-refractivity contribution is -0.120. The first-order valence-corrected chi connectivity index (χ1v) is 17.4. The van der Waals surface area contributed by atoms with E-state index in [2.05, 4.69) is 32.5 Å². The molecule has 6 rings (SSSR count). The number of rotatable bonds is 13. The number of pyridine rings is 2. The van der Waals surface area contributed by atoms with Crippen molar-refractivity contribution in [3.63, 3.8) is 0 Å². The van der Waals surface area contributed by atoms with E-state index < -0.39 is 0 Å². The Labute approximate surface area is 303 Å². The van der Waals surface area contributed by atoms with Crippen molar-refractivity contribution in [3.8, 4) is 45.3 Å². The number of methoxy groups -OCH3 is 2. The summed E-state index contributed by atoms with van der Waals surface area (Å²) in [7, 11) is 7.36. The SMILES string of the molecule is COc1cc(-c2nccc(-c3cccc(-c4ccc(CN(C)CC5CNC(=O)C5)c(OC)n4)c3Cl)c2Cl)ccc1CN(C)CC1CNC(=O)C1. The smallest absolute Gasteiger partial charge is 0.220 e. The molecule has 4 heterocycles. The van der Waals surface area contributed by atoms with Crippen molar-refractivity contribution in [1.29, 1.82) is 0 Å². The molecule has 2 aliphatic heterocycles. The molecule has 0 radical (unpaired) electrons. The van der Waals surface area contributed by atoms with Crippen LogP contribution in [-0.2, 0) is 22.7 Å². The molecule has 0 aliphatic carbocycles. The minimum Gasteiger partial charge on any atom is -0.496 e. The largest absolute Gasteiger partial charge is 0.496 e. The highest BCUT2D eigenvalue weighted by atomic mass is 35.5. The number of nitrogens with zero attached hydrogens (tertiary/aromatic N) is 4. The van der Waals surface area contributed by atoms with Crippen molar-refractivity contribution in [1.82, 2.24) is 30.4 Å². The zero-order valence-electron chi connectivity index (χ0n) is 28.8. The highest BCUT2D eigenvalue weighted by molar-refractivity contribution is 6.39. The minimum atomic E-state index is 0.109. The molecule has 12 heteroatoms. The Hall–Kier alpha value is -4.22. The molecule has 10 nitrogen and oxygen atoms in total. The number of hydrogen-bond donors (Lipinski definition) is 2. The minimum absolute atomic E-state index is 0.109. The Morgan fingerprint density at radius 2 is 1.40 bits per heavy atom. The summed E-state index contributed by atoms with van der Waals surface area (Å²) >= 11 is 14.2. The second-order valence-electron chi connectivity index (χ2n) is 13.2. The van der Waals surface area contributed by atoms with Crippen LogP contribution < -0.4 is 20.1 Å². The summed E-state index contributed by atoms with van der Waals surface area (Å²) in [5, 5.41) is 6.80. The summed E-state index contributed by atoms with van der Waals surface area (Å²) < 4.78 is 11.5. The summed E-state index contributed by atoms with van der Waals surface area (Å²) in [6, 6.07) is 17.6. The van der Waals surface area contributed by atoms with Gasteiger partial charge in [0.05, 0.1) is 35.7 Å². The molecule has 262 valence electrons. The van der Waals surface area contributed by atoms with Gasteiger partial charge in [-0.25, -0.2) is 4.98 Å². The normalized spacial score (nSPS) is 17.4. The molecule has 2 unspecified atom stereocenters. The van der Waals surface area contributed by atoms with Crippen molar-refractivity contribution >= 4 is 35.0 Å². The zero-order chi connectivity index (χ0) is 35.4. The van der Waals surface area contributed by atoms with Crippen LogP contribution in [-0.4, -0.2) is 86.1 Å². The van der Waals surface area contributed by atoms with Crippen LogP contribution in [0.2, 0.25) is 10.0 Å². The summed E-state index contributed by atoms with van der Waals surface area (Å²) in [5.74, 6) is 2.08. The molecular weight excluding hydrogens is 675 g/mol. The lowest BCUT2D eigenvalue weighted by Gasteiger charge is -2.21. The van der Waals surface area contributed by atoms with Crippen molar-refractivity contribution in [2.24, 2.45) is 11.8 Å². The van der Waals surface area contributed by atoms with Gasteiger partial charge in [0, 0.05) is 91.7 Å². The second-order valence-corrected chi connectivity index (χ2v) is 14.0. The van der Waals surface area contributed by atoms with Crippen LogP contribution in [0.4, 0.5) is 0 Å². The van der Waals surface area contributed by atoms with Crippen molar-refractivity contribution in [3.05, 3.63) is 82.0 Å². The Balaban J connectivity index is 1.22. The topological polar surface area (TPSA) is 109 Å². The van der Waals surface area contributed by atoms with E-state index in [1.54, 1.807) is 20.4 Å². The molecule has 4 aromatic rings. The van der Waals surface area contributed by atoms with Gasteiger partial charge in [0.1, 0.15) is 5.75 Å². The van der Waals surface area contributed by atoms with E-state index in [9.17, 15) is 9.59 Å². The van der Waals surface area contributed by atoms with Crippen LogP contribution in [0.15, 0.2) is 60.8 Å². The molecule has 2 fully saturated rings. The van der Waals surface area contributed by atoms with E-state index in [0.29, 0.717) is 78.2 Å². The molecule has 2 aromatic heterocycles. The van der Waals surface area contributed by atoms with E-state index in [0.717, 1.165) is 52.2 Å². The Kier molecular flexibility index (Phi) is 11.2. The molecule has 50 heavy (non-hydrogen) atoms. The molecule has 0 bridgehead atoms. The number of nitrogens with one attached hydrogen (secondary N) is 2. The third kappa shape index (κ3) is 8.05. The van der Waals surface area contributed by atoms with Crippen LogP contribution in [0.3, 0.4) is 0 Å². The Morgan fingerprint density at radius 1 is 0.780 bits per heavy atom. The van der Waals surface area contributed by atoms with Crippen molar-refractivity contribution in [2.75, 3.05) is 54.5 Å². The first-order chi connectivity index (χ1) is 24.1. The van der Waals surface area contributed by atoms with Crippen LogP contribution in [0.25, 0.3) is 33.6 Å².